The Morgan fingerprint density at radius 1 is 1.53 bits per heavy atom. The van der Waals surface area contributed by atoms with Gasteiger partial charge in [-0.2, -0.15) is 0 Å². The molecule has 3 heteroatoms. The molecule has 0 aliphatic carbocycles. The van der Waals surface area contributed by atoms with Gasteiger partial charge in [-0.25, -0.2) is 5.06 Å². The number of carbonyl (C=O) groups is 1. The van der Waals surface area contributed by atoms with E-state index in [-0.39, 0.29) is 11.8 Å². The average Bonchev–Trinajstić information content (AvgIpc) is 2.27. The molecule has 0 fully saturated rings. The number of hydroxylamine groups is 2. The molecule has 0 aromatic carbocycles. The zero-order valence-electron chi connectivity index (χ0n) is 10.2. The molecule has 0 N–H and O–H groups in total. The molecule has 88 valence electrons. The Morgan fingerprint density at radius 2 is 2.20 bits per heavy atom. The second-order valence-electron chi connectivity index (χ2n) is 3.70. The summed E-state index contributed by atoms with van der Waals surface area (Å²) in [6.45, 7) is 5.72. The number of allylic oxidation sites excluding steroid dienone is 1. The SMILES string of the molecule is C=CCCCCC(CC)C(=O)N(C)OC. The van der Waals surface area contributed by atoms with Crippen molar-refractivity contribution in [3.63, 3.8) is 0 Å². The van der Waals surface area contributed by atoms with Crippen LogP contribution in [0.15, 0.2) is 12.7 Å². The summed E-state index contributed by atoms with van der Waals surface area (Å²) in [5, 5.41) is 1.32. The van der Waals surface area contributed by atoms with Crippen LogP contribution in [0.25, 0.3) is 0 Å². The topological polar surface area (TPSA) is 29.5 Å². The van der Waals surface area contributed by atoms with E-state index in [1.807, 2.05) is 13.0 Å². The lowest BCUT2D eigenvalue weighted by atomic mass is 9.97. The molecule has 0 saturated heterocycles. The van der Waals surface area contributed by atoms with Gasteiger partial charge in [0.25, 0.3) is 0 Å². The standard InChI is InChI=1S/C12H23NO2/c1-5-7-8-9-10-11(6-2)12(14)13(3)15-4/h5,11H,1,6-10H2,2-4H3. The van der Waals surface area contributed by atoms with Gasteiger partial charge in [-0.3, -0.25) is 9.63 Å². The quantitative estimate of drug-likeness (QED) is 0.352. The van der Waals surface area contributed by atoms with Gasteiger partial charge < -0.3 is 0 Å². The number of amides is 1. The molecule has 0 heterocycles. The first-order chi connectivity index (χ1) is 7.17. The van der Waals surface area contributed by atoms with Gasteiger partial charge in [-0.15, -0.1) is 6.58 Å². The highest BCUT2D eigenvalue weighted by Crippen LogP contribution is 2.16. The van der Waals surface area contributed by atoms with E-state index < -0.39 is 0 Å². The van der Waals surface area contributed by atoms with Crippen molar-refractivity contribution in [2.24, 2.45) is 5.92 Å². The molecule has 0 aliphatic heterocycles. The van der Waals surface area contributed by atoms with Gasteiger partial charge in [-0.05, 0) is 25.7 Å². The summed E-state index contributed by atoms with van der Waals surface area (Å²) < 4.78 is 0. The Kier molecular flexibility index (Phi) is 8.01. The molecule has 0 aromatic rings. The molecule has 0 spiro atoms. The van der Waals surface area contributed by atoms with Crippen molar-refractivity contribution in [3.8, 4) is 0 Å². The summed E-state index contributed by atoms with van der Waals surface area (Å²) in [7, 11) is 3.18. The van der Waals surface area contributed by atoms with Gasteiger partial charge in [0.1, 0.15) is 0 Å². The van der Waals surface area contributed by atoms with Crippen LogP contribution < -0.4 is 0 Å². The van der Waals surface area contributed by atoms with Gasteiger partial charge in [0.2, 0.25) is 5.91 Å². The van der Waals surface area contributed by atoms with Gasteiger partial charge in [0.15, 0.2) is 0 Å². The van der Waals surface area contributed by atoms with Crippen LogP contribution in [0.3, 0.4) is 0 Å². The third-order valence-corrected chi connectivity index (χ3v) is 2.64. The zero-order chi connectivity index (χ0) is 11.7. The maximum absolute atomic E-state index is 11.7. The first-order valence-electron chi connectivity index (χ1n) is 5.59. The first-order valence-corrected chi connectivity index (χ1v) is 5.59. The number of unbranched alkanes of at least 4 members (excludes halogenated alkanes) is 2. The second-order valence-corrected chi connectivity index (χ2v) is 3.70. The molecule has 0 aliphatic rings. The smallest absolute Gasteiger partial charge is 0.248 e. The molecular formula is C12H23NO2. The summed E-state index contributed by atoms with van der Waals surface area (Å²) >= 11 is 0. The molecule has 0 bridgehead atoms. The molecule has 1 unspecified atom stereocenters. The minimum atomic E-state index is 0.0820. The monoisotopic (exact) mass is 213 g/mol. The minimum absolute atomic E-state index is 0.0820. The number of rotatable bonds is 8. The predicted molar refractivity (Wildman–Crippen MR) is 62.2 cm³/mol. The molecule has 15 heavy (non-hydrogen) atoms. The summed E-state index contributed by atoms with van der Waals surface area (Å²) in [6, 6.07) is 0. The normalized spacial score (nSPS) is 12.2. The van der Waals surface area contributed by atoms with E-state index in [1.54, 1.807) is 7.05 Å². The van der Waals surface area contributed by atoms with Gasteiger partial charge in [0.05, 0.1) is 7.11 Å². The van der Waals surface area contributed by atoms with E-state index in [0.29, 0.717) is 0 Å². The lowest BCUT2D eigenvalue weighted by Crippen LogP contribution is -2.31. The summed E-state index contributed by atoms with van der Waals surface area (Å²) in [5.74, 6) is 0.179. The predicted octanol–water partition coefficient (Wildman–Crippen LogP) is 2.78. The Morgan fingerprint density at radius 3 is 2.67 bits per heavy atom. The lowest BCUT2D eigenvalue weighted by molar-refractivity contribution is -0.173. The van der Waals surface area contributed by atoms with Crippen molar-refractivity contribution in [2.75, 3.05) is 14.2 Å². The summed E-state index contributed by atoms with van der Waals surface area (Å²) in [4.78, 5) is 16.6. The molecule has 0 saturated carbocycles. The van der Waals surface area contributed by atoms with Crippen molar-refractivity contribution in [2.45, 2.75) is 39.0 Å². The summed E-state index contributed by atoms with van der Waals surface area (Å²) in [5.41, 5.74) is 0. The molecule has 1 atom stereocenters. The van der Waals surface area contributed by atoms with Crippen LogP contribution in [-0.4, -0.2) is 25.1 Å². The van der Waals surface area contributed by atoms with Crippen LogP contribution in [0, 0.1) is 5.92 Å². The van der Waals surface area contributed by atoms with Crippen molar-refractivity contribution in [3.05, 3.63) is 12.7 Å². The number of hydrogen-bond acceptors (Lipinski definition) is 2. The number of carbonyl (C=O) groups excluding carboxylic acids is 1. The maximum Gasteiger partial charge on any atom is 0.248 e. The van der Waals surface area contributed by atoms with Crippen molar-refractivity contribution >= 4 is 5.91 Å². The van der Waals surface area contributed by atoms with E-state index in [2.05, 4.69) is 6.58 Å². The highest BCUT2D eigenvalue weighted by Gasteiger charge is 2.19. The van der Waals surface area contributed by atoms with Crippen LogP contribution in [-0.2, 0) is 9.63 Å². The molecular weight excluding hydrogens is 190 g/mol. The van der Waals surface area contributed by atoms with Crippen molar-refractivity contribution in [1.29, 1.82) is 0 Å². The van der Waals surface area contributed by atoms with Crippen molar-refractivity contribution < 1.29 is 9.63 Å². The average molecular weight is 213 g/mol. The van der Waals surface area contributed by atoms with Crippen LogP contribution in [0.4, 0.5) is 0 Å². The molecule has 3 nitrogen and oxygen atoms in total. The van der Waals surface area contributed by atoms with E-state index in [4.69, 9.17) is 4.84 Å². The van der Waals surface area contributed by atoms with E-state index >= 15 is 0 Å². The Bertz CT molecular complexity index is 192. The first kappa shape index (κ1) is 14.2. The molecule has 0 aromatic heterocycles. The Hall–Kier alpha value is -0.830. The summed E-state index contributed by atoms with van der Waals surface area (Å²) in [6.07, 6.45) is 6.96. The molecule has 1 amide bonds. The van der Waals surface area contributed by atoms with Crippen LogP contribution in [0.2, 0.25) is 0 Å². The second kappa shape index (κ2) is 8.48. The highest BCUT2D eigenvalue weighted by molar-refractivity contribution is 5.77. The fourth-order valence-corrected chi connectivity index (χ4v) is 1.53. The molecule has 0 rings (SSSR count). The van der Waals surface area contributed by atoms with Crippen molar-refractivity contribution in [1.82, 2.24) is 5.06 Å². The van der Waals surface area contributed by atoms with Gasteiger partial charge >= 0.3 is 0 Å². The van der Waals surface area contributed by atoms with E-state index in [0.717, 1.165) is 32.1 Å². The minimum Gasteiger partial charge on any atom is -0.275 e. The highest BCUT2D eigenvalue weighted by atomic mass is 16.7. The largest absolute Gasteiger partial charge is 0.275 e. The van der Waals surface area contributed by atoms with Crippen LogP contribution in [0.5, 0.6) is 0 Å². The fourth-order valence-electron chi connectivity index (χ4n) is 1.53. The van der Waals surface area contributed by atoms with E-state index in [9.17, 15) is 4.79 Å². The number of hydrogen-bond donors (Lipinski definition) is 0. The third kappa shape index (κ3) is 5.57. The number of nitrogens with zero attached hydrogens (tertiary/aromatic N) is 1. The fraction of sp³-hybridized carbons (Fsp3) is 0.750. The molecule has 0 radical (unpaired) electrons. The van der Waals surface area contributed by atoms with Crippen LogP contribution >= 0.6 is 0 Å². The third-order valence-electron chi connectivity index (χ3n) is 2.64. The lowest BCUT2D eigenvalue weighted by Gasteiger charge is -2.20. The van der Waals surface area contributed by atoms with E-state index in [1.165, 1.54) is 12.2 Å². The van der Waals surface area contributed by atoms with Crippen LogP contribution in [0.1, 0.15) is 39.0 Å². The maximum atomic E-state index is 11.7. The Balaban J connectivity index is 3.90. The van der Waals surface area contributed by atoms with Gasteiger partial charge in [-0.1, -0.05) is 19.4 Å². The Labute approximate surface area is 93.1 Å². The zero-order valence-corrected chi connectivity index (χ0v) is 10.2. The van der Waals surface area contributed by atoms with Gasteiger partial charge in [0, 0.05) is 13.0 Å².